The van der Waals surface area contributed by atoms with Crippen LogP contribution >= 0.6 is 0 Å². The second kappa shape index (κ2) is 8.63. The van der Waals surface area contributed by atoms with E-state index in [4.69, 9.17) is 4.42 Å². The molecule has 8 heteroatoms. The van der Waals surface area contributed by atoms with Gasteiger partial charge in [-0.05, 0) is 36.4 Å². The SMILES string of the molecule is O=C(CN(Cc1ccco1)C(=O)c1ccc([N+](=O)[O-])cc1)Nc1ccccc1. The largest absolute Gasteiger partial charge is 0.467 e. The number of carbonyl (C=O) groups excluding carboxylic acids is 2. The molecule has 0 fully saturated rings. The second-order valence-electron chi connectivity index (χ2n) is 5.96. The molecule has 0 bridgehead atoms. The summed E-state index contributed by atoms with van der Waals surface area (Å²) < 4.78 is 5.29. The summed E-state index contributed by atoms with van der Waals surface area (Å²) in [5.41, 5.74) is 0.744. The highest BCUT2D eigenvalue weighted by atomic mass is 16.6. The molecule has 2 aromatic carbocycles. The molecule has 0 radical (unpaired) electrons. The van der Waals surface area contributed by atoms with E-state index in [0.717, 1.165) is 0 Å². The Kier molecular flexibility index (Phi) is 5.81. The van der Waals surface area contributed by atoms with E-state index in [-0.39, 0.29) is 30.2 Å². The van der Waals surface area contributed by atoms with E-state index in [1.807, 2.05) is 6.07 Å². The molecule has 1 aromatic heterocycles. The van der Waals surface area contributed by atoms with Crippen molar-refractivity contribution in [3.63, 3.8) is 0 Å². The Morgan fingerprint density at radius 2 is 1.71 bits per heavy atom. The first-order chi connectivity index (χ1) is 13.5. The van der Waals surface area contributed by atoms with Crippen LogP contribution in [0.2, 0.25) is 0 Å². The number of nitrogens with one attached hydrogen (secondary N) is 1. The van der Waals surface area contributed by atoms with E-state index in [1.54, 1.807) is 36.4 Å². The molecule has 0 aliphatic heterocycles. The third kappa shape index (κ3) is 4.82. The Bertz CT molecular complexity index is 953. The van der Waals surface area contributed by atoms with Gasteiger partial charge in [0, 0.05) is 23.4 Å². The number of hydrogen-bond acceptors (Lipinski definition) is 5. The zero-order chi connectivity index (χ0) is 19.9. The van der Waals surface area contributed by atoms with Crippen LogP contribution in [-0.2, 0) is 11.3 Å². The summed E-state index contributed by atoms with van der Waals surface area (Å²) in [5, 5.41) is 13.5. The minimum absolute atomic E-state index is 0.0883. The van der Waals surface area contributed by atoms with Crippen LogP contribution in [0.4, 0.5) is 11.4 Å². The minimum Gasteiger partial charge on any atom is -0.467 e. The summed E-state index contributed by atoms with van der Waals surface area (Å²) in [6, 6.07) is 17.5. The van der Waals surface area contributed by atoms with Crippen LogP contribution in [0.1, 0.15) is 16.1 Å². The van der Waals surface area contributed by atoms with Crippen molar-refractivity contribution in [3.05, 3.63) is 94.4 Å². The molecule has 3 aromatic rings. The number of nitro groups is 1. The van der Waals surface area contributed by atoms with Crippen LogP contribution < -0.4 is 5.32 Å². The lowest BCUT2D eigenvalue weighted by Gasteiger charge is -2.21. The van der Waals surface area contributed by atoms with Crippen molar-refractivity contribution in [1.29, 1.82) is 0 Å². The number of benzene rings is 2. The first kappa shape index (κ1) is 18.8. The van der Waals surface area contributed by atoms with Crippen LogP contribution in [0.25, 0.3) is 0 Å². The van der Waals surface area contributed by atoms with E-state index in [9.17, 15) is 19.7 Å². The number of nitrogens with zero attached hydrogens (tertiary/aromatic N) is 2. The normalized spacial score (nSPS) is 10.3. The van der Waals surface area contributed by atoms with Crippen molar-refractivity contribution in [2.24, 2.45) is 0 Å². The van der Waals surface area contributed by atoms with E-state index < -0.39 is 10.8 Å². The molecule has 3 rings (SSSR count). The molecule has 1 N–H and O–H groups in total. The number of rotatable bonds is 7. The van der Waals surface area contributed by atoms with E-state index >= 15 is 0 Å². The van der Waals surface area contributed by atoms with Gasteiger partial charge in [-0.15, -0.1) is 0 Å². The van der Waals surface area contributed by atoms with Crippen LogP contribution in [0, 0.1) is 10.1 Å². The summed E-state index contributed by atoms with van der Waals surface area (Å²) in [7, 11) is 0. The van der Waals surface area contributed by atoms with Gasteiger partial charge in [-0.1, -0.05) is 18.2 Å². The Morgan fingerprint density at radius 1 is 1.00 bits per heavy atom. The van der Waals surface area contributed by atoms with E-state index in [2.05, 4.69) is 5.32 Å². The topological polar surface area (TPSA) is 106 Å². The van der Waals surface area contributed by atoms with Gasteiger partial charge in [0.2, 0.25) is 5.91 Å². The third-order valence-electron chi connectivity index (χ3n) is 3.93. The average Bonchev–Trinajstić information content (AvgIpc) is 3.21. The Labute approximate surface area is 160 Å². The van der Waals surface area contributed by atoms with Crippen LogP contribution in [0.15, 0.2) is 77.4 Å². The standard InChI is InChI=1S/C20H17N3O5/c24-19(21-16-5-2-1-3-6-16)14-22(13-18-7-4-12-28-18)20(25)15-8-10-17(11-9-15)23(26)27/h1-12H,13-14H2,(H,21,24). The van der Waals surface area contributed by atoms with Crippen molar-refractivity contribution in [2.75, 3.05) is 11.9 Å². The summed E-state index contributed by atoms with van der Waals surface area (Å²) in [4.78, 5) is 36.8. The number of nitro benzene ring substituents is 1. The molecule has 28 heavy (non-hydrogen) atoms. The van der Waals surface area contributed by atoms with Crippen molar-refractivity contribution in [3.8, 4) is 0 Å². The predicted molar refractivity (Wildman–Crippen MR) is 102 cm³/mol. The number of anilines is 1. The van der Waals surface area contributed by atoms with Crippen LogP contribution in [0.3, 0.4) is 0 Å². The average molecular weight is 379 g/mol. The molecule has 2 amide bonds. The minimum atomic E-state index is -0.540. The van der Waals surface area contributed by atoms with Gasteiger partial charge < -0.3 is 14.6 Å². The Balaban J connectivity index is 1.76. The van der Waals surface area contributed by atoms with Gasteiger partial charge in [0.1, 0.15) is 12.3 Å². The highest BCUT2D eigenvalue weighted by Crippen LogP contribution is 2.16. The van der Waals surface area contributed by atoms with Gasteiger partial charge >= 0.3 is 0 Å². The second-order valence-corrected chi connectivity index (χ2v) is 5.96. The highest BCUT2D eigenvalue weighted by Gasteiger charge is 2.21. The first-order valence-corrected chi connectivity index (χ1v) is 8.44. The van der Waals surface area contributed by atoms with Crippen molar-refractivity contribution in [1.82, 2.24) is 4.90 Å². The molecule has 0 atom stereocenters. The number of furan rings is 1. The van der Waals surface area contributed by atoms with Crippen LogP contribution in [0.5, 0.6) is 0 Å². The summed E-state index contributed by atoms with van der Waals surface area (Å²) in [5.74, 6) is -0.287. The van der Waals surface area contributed by atoms with Gasteiger partial charge in [-0.25, -0.2) is 0 Å². The molecule has 8 nitrogen and oxygen atoms in total. The lowest BCUT2D eigenvalue weighted by atomic mass is 10.1. The molecule has 0 saturated carbocycles. The number of amides is 2. The Hall–Kier alpha value is -3.94. The molecular weight excluding hydrogens is 362 g/mol. The summed E-state index contributed by atoms with van der Waals surface area (Å²) in [6.45, 7) is -0.115. The molecular formula is C20H17N3O5. The fourth-order valence-corrected chi connectivity index (χ4v) is 2.59. The molecule has 0 saturated heterocycles. The fraction of sp³-hybridized carbons (Fsp3) is 0.100. The first-order valence-electron chi connectivity index (χ1n) is 8.44. The Morgan fingerprint density at radius 3 is 2.32 bits per heavy atom. The maximum Gasteiger partial charge on any atom is 0.269 e. The zero-order valence-electron chi connectivity index (χ0n) is 14.8. The predicted octanol–water partition coefficient (Wildman–Crippen LogP) is 3.47. The lowest BCUT2D eigenvalue weighted by Crippen LogP contribution is -2.37. The molecule has 1 heterocycles. The van der Waals surface area contributed by atoms with Gasteiger partial charge in [-0.3, -0.25) is 19.7 Å². The summed E-state index contributed by atoms with van der Waals surface area (Å²) >= 11 is 0. The smallest absolute Gasteiger partial charge is 0.269 e. The third-order valence-corrected chi connectivity index (χ3v) is 3.93. The maximum absolute atomic E-state index is 12.9. The molecule has 142 valence electrons. The lowest BCUT2D eigenvalue weighted by molar-refractivity contribution is -0.384. The summed E-state index contributed by atoms with van der Waals surface area (Å²) in [6.07, 6.45) is 1.48. The quantitative estimate of drug-likeness (QED) is 0.500. The van der Waals surface area contributed by atoms with Gasteiger partial charge in [0.25, 0.3) is 11.6 Å². The maximum atomic E-state index is 12.9. The van der Waals surface area contributed by atoms with Gasteiger partial charge in [-0.2, -0.15) is 0 Å². The fourth-order valence-electron chi connectivity index (χ4n) is 2.59. The number of para-hydroxylation sites is 1. The molecule has 0 aliphatic rings. The highest BCUT2D eigenvalue weighted by molar-refractivity contribution is 5.99. The number of hydrogen-bond donors (Lipinski definition) is 1. The molecule has 0 unspecified atom stereocenters. The number of carbonyl (C=O) groups is 2. The van der Waals surface area contributed by atoms with Crippen LogP contribution in [-0.4, -0.2) is 28.2 Å². The van der Waals surface area contributed by atoms with Crippen molar-refractivity contribution >= 4 is 23.2 Å². The van der Waals surface area contributed by atoms with Gasteiger partial charge in [0.15, 0.2) is 0 Å². The monoisotopic (exact) mass is 379 g/mol. The van der Waals surface area contributed by atoms with E-state index in [0.29, 0.717) is 11.4 Å². The van der Waals surface area contributed by atoms with E-state index in [1.165, 1.54) is 35.4 Å². The zero-order valence-corrected chi connectivity index (χ0v) is 14.8. The van der Waals surface area contributed by atoms with Crippen molar-refractivity contribution in [2.45, 2.75) is 6.54 Å². The molecule has 0 aliphatic carbocycles. The number of non-ortho nitro benzene ring substituents is 1. The van der Waals surface area contributed by atoms with Crippen molar-refractivity contribution < 1.29 is 18.9 Å². The van der Waals surface area contributed by atoms with Gasteiger partial charge in [0.05, 0.1) is 17.7 Å². The molecule has 0 spiro atoms.